The van der Waals surface area contributed by atoms with E-state index in [0.717, 1.165) is 12.1 Å². The van der Waals surface area contributed by atoms with Crippen LogP contribution in [-0.4, -0.2) is 24.0 Å². The SMILES string of the molecule is C/C(=N\Nc1ccc([N+](=O)[O-])cc1[N+](=O)[O-])c1ccc(NS(=O)(=O)c2ccc3oc(=O)ccc3c2)cc1. The molecule has 0 aliphatic carbocycles. The molecule has 37 heavy (non-hydrogen) atoms. The predicted molar refractivity (Wildman–Crippen MR) is 135 cm³/mol. The first-order valence-corrected chi connectivity index (χ1v) is 11.9. The highest BCUT2D eigenvalue weighted by molar-refractivity contribution is 7.92. The monoisotopic (exact) mass is 523 g/mol. The number of sulfonamides is 1. The van der Waals surface area contributed by atoms with Gasteiger partial charge in [0, 0.05) is 23.2 Å². The van der Waals surface area contributed by atoms with Crippen molar-refractivity contribution in [2.75, 3.05) is 10.1 Å². The summed E-state index contributed by atoms with van der Waals surface area (Å²) in [5, 5.41) is 26.7. The highest BCUT2D eigenvalue weighted by Gasteiger charge is 2.19. The predicted octanol–water partition coefficient (Wildman–Crippen LogP) is 4.25. The van der Waals surface area contributed by atoms with Crippen molar-refractivity contribution in [1.82, 2.24) is 0 Å². The summed E-state index contributed by atoms with van der Waals surface area (Å²) in [5.74, 6) is 0. The molecular weight excluding hydrogens is 506 g/mol. The number of hydrogen-bond acceptors (Lipinski definition) is 10. The third-order valence-corrected chi connectivity index (χ3v) is 6.57. The van der Waals surface area contributed by atoms with Gasteiger partial charge in [-0.05, 0) is 55.0 Å². The normalized spacial score (nSPS) is 11.8. The first kappa shape index (κ1) is 25.0. The zero-order valence-electron chi connectivity index (χ0n) is 18.9. The molecule has 0 atom stereocenters. The molecule has 14 heteroatoms. The van der Waals surface area contributed by atoms with Crippen LogP contribution in [0.2, 0.25) is 0 Å². The number of fused-ring (bicyclic) bond motifs is 1. The van der Waals surface area contributed by atoms with Crippen LogP contribution in [0.5, 0.6) is 0 Å². The first-order valence-electron chi connectivity index (χ1n) is 10.4. The lowest BCUT2D eigenvalue weighted by atomic mass is 10.1. The van der Waals surface area contributed by atoms with Crippen molar-refractivity contribution in [2.45, 2.75) is 11.8 Å². The van der Waals surface area contributed by atoms with E-state index in [4.69, 9.17) is 4.42 Å². The Kier molecular flexibility index (Phi) is 6.67. The minimum absolute atomic E-state index is 0.0236. The molecule has 0 unspecified atom stereocenters. The third kappa shape index (κ3) is 5.59. The van der Waals surface area contributed by atoms with Gasteiger partial charge in [-0.25, -0.2) is 13.2 Å². The van der Waals surface area contributed by atoms with Crippen LogP contribution in [0.3, 0.4) is 0 Å². The van der Waals surface area contributed by atoms with E-state index >= 15 is 0 Å². The lowest BCUT2D eigenvalue weighted by molar-refractivity contribution is -0.393. The molecule has 4 rings (SSSR count). The van der Waals surface area contributed by atoms with Gasteiger partial charge in [-0.1, -0.05) is 12.1 Å². The van der Waals surface area contributed by atoms with E-state index < -0.39 is 36.9 Å². The number of non-ortho nitro benzene ring substituents is 1. The third-order valence-electron chi connectivity index (χ3n) is 5.19. The quantitative estimate of drug-likeness (QED) is 0.147. The molecule has 3 aromatic carbocycles. The Balaban J connectivity index is 1.50. The zero-order valence-corrected chi connectivity index (χ0v) is 19.8. The summed E-state index contributed by atoms with van der Waals surface area (Å²) in [7, 11) is -3.94. The van der Waals surface area contributed by atoms with E-state index in [1.54, 1.807) is 19.1 Å². The summed E-state index contributed by atoms with van der Waals surface area (Å²) >= 11 is 0. The maximum absolute atomic E-state index is 12.8. The summed E-state index contributed by atoms with van der Waals surface area (Å²) in [6.45, 7) is 1.62. The number of rotatable bonds is 8. The van der Waals surface area contributed by atoms with E-state index in [2.05, 4.69) is 15.2 Å². The fourth-order valence-corrected chi connectivity index (χ4v) is 4.39. The average Bonchev–Trinajstić information content (AvgIpc) is 2.86. The van der Waals surface area contributed by atoms with Gasteiger partial charge in [0.05, 0.1) is 26.5 Å². The molecule has 1 aromatic heterocycles. The van der Waals surface area contributed by atoms with Crippen LogP contribution in [0, 0.1) is 20.2 Å². The van der Waals surface area contributed by atoms with Gasteiger partial charge >= 0.3 is 11.3 Å². The summed E-state index contributed by atoms with van der Waals surface area (Å²) < 4.78 is 33.1. The molecule has 4 aromatic rings. The highest BCUT2D eigenvalue weighted by Crippen LogP contribution is 2.29. The van der Waals surface area contributed by atoms with Crippen molar-refractivity contribution in [1.29, 1.82) is 0 Å². The number of nitrogens with one attached hydrogen (secondary N) is 2. The van der Waals surface area contributed by atoms with Crippen LogP contribution in [0.25, 0.3) is 11.0 Å². The van der Waals surface area contributed by atoms with Crippen LogP contribution in [-0.2, 0) is 10.0 Å². The van der Waals surface area contributed by atoms with E-state index in [-0.39, 0.29) is 21.9 Å². The maximum Gasteiger partial charge on any atom is 0.336 e. The number of nitro benzene ring substituents is 2. The second kappa shape index (κ2) is 9.87. The Labute approximate surface area is 208 Å². The molecule has 0 saturated carbocycles. The summed E-state index contributed by atoms with van der Waals surface area (Å²) in [4.78, 5) is 31.9. The van der Waals surface area contributed by atoms with Gasteiger partial charge in [-0.15, -0.1) is 0 Å². The molecule has 1 heterocycles. The Bertz CT molecular complexity index is 1730. The minimum Gasteiger partial charge on any atom is -0.423 e. The lowest BCUT2D eigenvalue weighted by Crippen LogP contribution is -2.13. The molecule has 0 aliphatic rings. The van der Waals surface area contributed by atoms with Gasteiger partial charge in [0.15, 0.2) is 0 Å². The molecule has 0 fully saturated rings. The first-order chi connectivity index (χ1) is 17.5. The fourth-order valence-electron chi connectivity index (χ4n) is 3.30. The van der Waals surface area contributed by atoms with Gasteiger partial charge < -0.3 is 4.42 Å². The lowest BCUT2D eigenvalue weighted by Gasteiger charge is -2.10. The van der Waals surface area contributed by atoms with Gasteiger partial charge in [0.25, 0.3) is 15.7 Å². The van der Waals surface area contributed by atoms with E-state index in [9.17, 15) is 33.4 Å². The molecule has 188 valence electrons. The van der Waals surface area contributed by atoms with E-state index in [1.807, 2.05) is 0 Å². The number of benzene rings is 3. The number of nitro groups is 2. The van der Waals surface area contributed by atoms with Gasteiger partial charge in [0.1, 0.15) is 11.3 Å². The molecule has 0 radical (unpaired) electrons. The Morgan fingerprint density at radius 2 is 1.65 bits per heavy atom. The van der Waals surface area contributed by atoms with E-state index in [1.165, 1.54) is 48.5 Å². The maximum atomic E-state index is 12.8. The number of nitrogens with zero attached hydrogens (tertiary/aromatic N) is 3. The minimum atomic E-state index is -3.94. The van der Waals surface area contributed by atoms with Crippen molar-refractivity contribution in [3.05, 3.63) is 109 Å². The largest absolute Gasteiger partial charge is 0.423 e. The smallest absolute Gasteiger partial charge is 0.336 e. The second-order valence-electron chi connectivity index (χ2n) is 7.66. The Hall–Kier alpha value is -5.11. The number of anilines is 2. The summed E-state index contributed by atoms with van der Waals surface area (Å²) in [5.41, 5.74) is 2.56. The molecular formula is C23H17N5O8S. The van der Waals surface area contributed by atoms with Crippen LogP contribution in [0.1, 0.15) is 12.5 Å². The average molecular weight is 523 g/mol. The molecule has 0 amide bonds. The molecule has 2 N–H and O–H groups in total. The number of hydrogen-bond donors (Lipinski definition) is 2. The van der Waals surface area contributed by atoms with Gasteiger partial charge in [-0.2, -0.15) is 5.10 Å². The van der Waals surface area contributed by atoms with Crippen molar-refractivity contribution < 1.29 is 22.7 Å². The van der Waals surface area contributed by atoms with Crippen LogP contribution in [0.15, 0.2) is 92.0 Å². The van der Waals surface area contributed by atoms with Crippen molar-refractivity contribution in [3.8, 4) is 0 Å². The Morgan fingerprint density at radius 1 is 0.919 bits per heavy atom. The standard InChI is InChI=1S/C23H17N5O8S/c1-14(24-25-20-9-7-18(27(30)31)13-21(20)28(32)33)15-2-5-17(6-3-15)26-37(34,35)19-8-10-22-16(12-19)4-11-23(29)36-22/h2-13,25-26H,1H3/b24-14+. The summed E-state index contributed by atoms with van der Waals surface area (Å²) in [6.07, 6.45) is 0. The number of hydrazone groups is 1. The summed E-state index contributed by atoms with van der Waals surface area (Å²) in [6, 6.07) is 16.1. The molecule has 0 saturated heterocycles. The molecule has 13 nitrogen and oxygen atoms in total. The Morgan fingerprint density at radius 3 is 2.32 bits per heavy atom. The molecule has 0 aliphatic heterocycles. The highest BCUT2D eigenvalue weighted by atomic mass is 32.2. The van der Waals surface area contributed by atoms with Crippen LogP contribution >= 0.6 is 0 Å². The van der Waals surface area contributed by atoms with Gasteiger partial charge in [-0.3, -0.25) is 30.4 Å². The fraction of sp³-hybridized carbons (Fsp3) is 0.0435. The molecule has 0 spiro atoms. The van der Waals surface area contributed by atoms with Crippen molar-refractivity contribution in [2.24, 2.45) is 5.10 Å². The second-order valence-corrected chi connectivity index (χ2v) is 9.34. The van der Waals surface area contributed by atoms with Crippen molar-refractivity contribution in [3.63, 3.8) is 0 Å². The van der Waals surface area contributed by atoms with Crippen LogP contribution < -0.4 is 15.8 Å². The van der Waals surface area contributed by atoms with Gasteiger partial charge in [0.2, 0.25) is 0 Å². The van der Waals surface area contributed by atoms with Crippen molar-refractivity contribution >= 4 is 49.5 Å². The van der Waals surface area contributed by atoms with Crippen LogP contribution in [0.4, 0.5) is 22.7 Å². The molecule has 0 bridgehead atoms. The van der Waals surface area contributed by atoms with E-state index in [0.29, 0.717) is 16.7 Å². The topological polar surface area (TPSA) is 187 Å². The zero-order chi connectivity index (χ0) is 26.7.